The Morgan fingerprint density at radius 3 is 2.55 bits per heavy atom. The zero-order valence-corrected chi connectivity index (χ0v) is 22.3. The first kappa shape index (κ1) is 26.3. The van der Waals surface area contributed by atoms with E-state index in [4.69, 9.17) is 9.47 Å². The molecule has 0 radical (unpaired) electrons. The molecule has 0 heterocycles. The minimum Gasteiger partial charge on any atom is -0.497 e. The van der Waals surface area contributed by atoms with Crippen LogP contribution < -0.4 is 9.47 Å². The first-order valence-corrected chi connectivity index (χ1v) is 13.8. The number of halogens is 1. The minimum atomic E-state index is -0.761. The molecule has 200 valence electrons. The highest BCUT2D eigenvalue weighted by atomic mass is 19.1. The molecule has 2 aliphatic rings. The lowest BCUT2D eigenvalue weighted by Crippen LogP contribution is -2.08. The lowest BCUT2D eigenvalue weighted by molar-refractivity contribution is -0.137. The Morgan fingerprint density at radius 2 is 1.84 bits per heavy atom. The van der Waals surface area contributed by atoms with Gasteiger partial charge in [0.2, 0.25) is 0 Å². The van der Waals surface area contributed by atoms with Crippen LogP contribution in [0.2, 0.25) is 0 Å². The number of ether oxygens (including phenoxy) is 2. The quantitative estimate of drug-likeness (QED) is 0.278. The molecule has 3 aromatic carbocycles. The SMILES string of the molecule is COc1ccc(F)c(-c2ccc(COc3cccc([C@H](CC(=O)O)CC4CC4)c3)cc2[C@H]2CCCC2C)c1. The van der Waals surface area contributed by atoms with Crippen molar-refractivity contribution >= 4 is 5.97 Å². The van der Waals surface area contributed by atoms with Crippen molar-refractivity contribution < 1.29 is 23.8 Å². The predicted octanol–water partition coefficient (Wildman–Crippen LogP) is 8.34. The maximum atomic E-state index is 15.0. The summed E-state index contributed by atoms with van der Waals surface area (Å²) in [6.45, 7) is 2.68. The molecule has 5 rings (SSSR count). The van der Waals surface area contributed by atoms with Gasteiger partial charge in [-0.1, -0.05) is 62.9 Å². The van der Waals surface area contributed by atoms with Gasteiger partial charge in [0.05, 0.1) is 13.5 Å². The summed E-state index contributed by atoms with van der Waals surface area (Å²) in [5.74, 6) is 1.94. The Labute approximate surface area is 224 Å². The second-order valence-electron chi connectivity index (χ2n) is 11.1. The van der Waals surface area contributed by atoms with Crippen molar-refractivity contribution in [3.63, 3.8) is 0 Å². The molecule has 0 aliphatic heterocycles. The first-order chi connectivity index (χ1) is 18.4. The van der Waals surface area contributed by atoms with E-state index in [1.165, 1.54) is 37.3 Å². The predicted molar refractivity (Wildman–Crippen MR) is 147 cm³/mol. The van der Waals surface area contributed by atoms with Crippen LogP contribution in [0, 0.1) is 17.7 Å². The molecular formula is C33H37FO4. The Balaban J connectivity index is 1.39. The maximum absolute atomic E-state index is 15.0. The molecular weight excluding hydrogens is 479 g/mol. The van der Waals surface area contributed by atoms with Crippen LogP contribution in [-0.2, 0) is 11.4 Å². The molecule has 2 aliphatic carbocycles. The van der Waals surface area contributed by atoms with E-state index in [1.807, 2.05) is 36.4 Å². The van der Waals surface area contributed by atoms with Crippen LogP contribution in [0.3, 0.4) is 0 Å². The van der Waals surface area contributed by atoms with Gasteiger partial charge in [0.1, 0.15) is 23.9 Å². The normalized spacial score (nSPS) is 19.8. The molecule has 3 aromatic rings. The van der Waals surface area contributed by atoms with Gasteiger partial charge in [-0.15, -0.1) is 0 Å². The van der Waals surface area contributed by atoms with Gasteiger partial charge >= 0.3 is 5.97 Å². The van der Waals surface area contributed by atoms with Gasteiger partial charge in [-0.25, -0.2) is 4.39 Å². The van der Waals surface area contributed by atoms with E-state index in [1.54, 1.807) is 19.2 Å². The Hall–Kier alpha value is -3.34. The van der Waals surface area contributed by atoms with Gasteiger partial charge in [0.25, 0.3) is 0 Å². The van der Waals surface area contributed by atoms with E-state index < -0.39 is 5.97 Å². The summed E-state index contributed by atoms with van der Waals surface area (Å²) in [5, 5.41) is 9.42. The summed E-state index contributed by atoms with van der Waals surface area (Å²) in [6.07, 6.45) is 6.91. The minimum absolute atomic E-state index is 0.0102. The van der Waals surface area contributed by atoms with E-state index in [9.17, 15) is 14.3 Å². The van der Waals surface area contributed by atoms with Crippen LogP contribution in [0.5, 0.6) is 11.5 Å². The molecule has 5 heteroatoms. The fourth-order valence-electron chi connectivity index (χ4n) is 6.03. The van der Waals surface area contributed by atoms with Crippen LogP contribution in [0.4, 0.5) is 4.39 Å². The third-order valence-electron chi connectivity index (χ3n) is 8.31. The number of carbonyl (C=O) groups is 1. The fourth-order valence-corrected chi connectivity index (χ4v) is 6.03. The van der Waals surface area contributed by atoms with Crippen LogP contribution in [-0.4, -0.2) is 18.2 Å². The molecule has 1 unspecified atom stereocenters. The molecule has 0 bridgehead atoms. The molecule has 1 N–H and O–H groups in total. The van der Waals surface area contributed by atoms with E-state index in [2.05, 4.69) is 13.0 Å². The van der Waals surface area contributed by atoms with Crippen molar-refractivity contribution in [1.29, 1.82) is 0 Å². The number of rotatable bonds is 11. The second kappa shape index (κ2) is 11.6. The zero-order valence-electron chi connectivity index (χ0n) is 22.3. The molecule has 3 atom stereocenters. The van der Waals surface area contributed by atoms with Gasteiger partial charge in [-0.3, -0.25) is 4.79 Å². The summed E-state index contributed by atoms with van der Waals surface area (Å²) in [4.78, 5) is 11.5. The molecule has 0 aromatic heterocycles. The molecule has 0 amide bonds. The van der Waals surface area contributed by atoms with Crippen LogP contribution >= 0.6 is 0 Å². The molecule has 38 heavy (non-hydrogen) atoms. The Morgan fingerprint density at radius 1 is 1.00 bits per heavy atom. The molecule has 4 nitrogen and oxygen atoms in total. The Kier molecular flexibility index (Phi) is 8.01. The largest absolute Gasteiger partial charge is 0.497 e. The highest BCUT2D eigenvalue weighted by molar-refractivity contribution is 5.71. The lowest BCUT2D eigenvalue weighted by atomic mass is 9.84. The fraction of sp³-hybridized carbons (Fsp3) is 0.424. The number of benzene rings is 3. The van der Waals surface area contributed by atoms with Crippen molar-refractivity contribution in [3.05, 3.63) is 83.2 Å². The monoisotopic (exact) mass is 516 g/mol. The standard InChI is InChI=1S/C33H37FO4/c1-21-5-3-8-28(21)30-16-23(11-13-29(30)31-19-26(37-2)12-14-32(31)34)20-38-27-7-4-6-24(17-27)25(18-33(35)36)15-22-9-10-22/h4,6-7,11-14,16-17,19,21-22,25,28H,3,5,8-10,15,18,20H2,1-2H3,(H,35,36)/t21?,25-,28-/m0/s1. The van der Waals surface area contributed by atoms with Gasteiger partial charge < -0.3 is 14.6 Å². The van der Waals surface area contributed by atoms with Crippen molar-refractivity contribution in [2.24, 2.45) is 11.8 Å². The maximum Gasteiger partial charge on any atom is 0.303 e. The molecule has 2 fully saturated rings. The van der Waals surface area contributed by atoms with Crippen LogP contribution in [0.1, 0.15) is 80.4 Å². The number of hydrogen-bond donors (Lipinski definition) is 1. The average molecular weight is 517 g/mol. The number of hydrogen-bond acceptors (Lipinski definition) is 3. The smallest absolute Gasteiger partial charge is 0.303 e. The highest BCUT2D eigenvalue weighted by Crippen LogP contribution is 2.44. The molecule has 0 spiro atoms. The highest BCUT2D eigenvalue weighted by Gasteiger charge is 2.29. The number of carboxylic acid groups (broad SMARTS) is 1. The zero-order chi connectivity index (χ0) is 26.6. The topological polar surface area (TPSA) is 55.8 Å². The second-order valence-corrected chi connectivity index (χ2v) is 11.1. The van der Waals surface area contributed by atoms with Gasteiger partial charge in [-0.2, -0.15) is 0 Å². The number of aliphatic carboxylic acids is 1. The third-order valence-corrected chi connectivity index (χ3v) is 8.31. The van der Waals surface area contributed by atoms with Crippen molar-refractivity contribution in [3.8, 4) is 22.6 Å². The molecule has 0 saturated heterocycles. The molecule has 2 saturated carbocycles. The lowest BCUT2D eigenvalue weighted by Gasteiger charge is -2.22. The van der Waals surface area contributed by atoms with E-state index in [-0.39, 0.29) is 18.2 Å². The van der Waals surface area contributed by atoms with Crippen molar-refractivity contribution in [2.45, 2.75) is 70.3 Å². The number of carboxylic acids is 1. The average Bonchev–Trinajstić information content (AvgIpc) is 3.64. The van der Waals surface area contributed by atoms with E-state index in [0.29, 0.717) is 35.7 Å². The Bertz CT molecular complexity index is 1280. The van der Waals surface area contributed by atoms with Crippen molar-refractivity contribution in [1.82, 2.24) is 0 Å². The third kappa shape index (κ3) is 6.20. The summed E-state index contributed by atoms with van der Waals surface area (Å²) in [7, 11) is 1.60. The van der Waals surface area contributed by atoms with Crippen LogP contribution in [0.25, 0.3) is 11.1 Å². The van der Waals surface area contributed by atoms with Gasteiger partial charge in [-0.05, 0) is 89.1 Å². The first-order valence-electron chi connectivity index (χ1n) is 13.8. The summed E-state index contributed by atoms with van der Waals surface area (Å²) in [5.41, 5.74) is 4.72. The van der Waals surface area contributed by atoms with E-state index in [0.717, 1.165) is 35.3 Å². The summed E-state index contributed by atoms with van der Waals surface area (Å²) < 4.78 is 26.6. The van der Waals surface area contributed by atoms with E-state index >= 15 is 0 Å². The van der Waals surface area contributed by atoms with Gasteiger partial charge in [0.15, 0.2) is 0 Å². The summed E-state index contributed by atoms with van der Waals surface area (Å²) >= 11 is 0. The van der Waals surface area contributed by atoms with Gasteiger partial charge in [0, 0.05) is 5.56 Å². The number of methoxy groups -OCH3 is 1. The summed E-state index contributed by atoms with van der Waals surface area (Å²) in [6, 6.07) is 19.0. The van der Waals surface area contributed by atoms with Crippen LogP contribution in [0.15, 0.2) is 60.7 Å². The van der Waals surface area contributed by atoms with Crippen molar-refractivity contribution in [2.75, 3.05) is 7.11 Å².